The Labute approximate surface area is 126 Å². The average molecular weight is 310 g/mol. The molecule has 100 valence electrons. The maximum atomic E-state index is 13.4. The Morgan fingerprint density at radius 3 is 2.05 bits per heavy atom. The summed E-state index contributed by atoms with van der Waals surface area (Å²) >= 11 is 3.44. The molecule has 0 unspecified atom stereocenters. The Balaban J connectivity index is 2.14. The fourth-order valence-corrected chi connectivity index (χ4v) is 4.73. The number of thiophene rings is 2. The fourth-order valence-electron chi connectivity index (χ4n) is 2.75. The van der Waals surface area contributed by atoms with Gasteiger partial charge in [0.2, 0.25) is 0 Å². The molecule has 0 aliphatic heterocycles. The minimum atomic E-state index is -0.283. The van der Waals surface area contributed by atoms with Crippen LogP contribution >= 0.6 is 22.7 Å². The van der Waals surface area contributed by atoms with Gasteiger partial charge in [-0.05, 0) is 35.0 Å². The summed E-state index contributed by atoms with van der Waals surface area (Å²) < 4.78 is 15.9. The van der Waals surface area contributed by atoms with Crippen LogP contribution in [0.2, 0.25) is 0 Å². The van der Waals surface area contributed by atoms with Gasteiger partial charge in [-0.25, -0.2) is 14.4 Å². The molecule has 0 bridgehead atoms. The van der Waals surface area contributed by atoms with Crippen molar-refractivity contribution in [3.8, 4) is 0 Å². The summed E-state index contributed by atoms with van der Waals surface area (Å²) in [7, 11) is 0. The first kappa shape index (κ1) is 11.5. The molecule has 0 aliphatic carbocycles. The lowest BCUT2D eigenvalue weighted by Crippen LogP contribution is -1.89. The molecule has 0 fully saturated rings. The van der Waals surface area contributed by atoms with E-state index < -0.39 is 0 Å². The molecule has 5 heteroatoms. The van der Waals surface area contributed by atoms with Gasteiger partial charge in [0.1, 0.15) is 5.82 Å². The van der Waals surface area contributed by atoms with E-state index in [0.717, 1.165) is 27.3 Å². The fraction of sp³-hybridized carbons (Fsp3) is 0. The summed E-state index contributed by atoms with van der Waals surface area (Å²) in [6.07, 6.45) is 0. The molecular weight excluding hydrogens is 303 g/mol. The average Bonchev–Trinajstić information content (AvgIpc) is 3.14. The molecule has 0 N–H and O–H groups in total. The number of fused-ring (bicyclic) bond motifs is 7. The van der Waals surface area contributed by atoms with E-state index in [0.29, 0.717) is 5.52 Å². The van der Waals surface area contributed by atoms with Gasteiger partial charge < -0.3 is 0 Å². The van der Waals surface area contributed by atoms with Crippen LogP contribution in [0.1, 0.15) is 0 Å². The number of benzene rings is 2. The molecule has 5 aromatic rings. The predicted octanol–water partition coefficient (Wildman–Crippen LogP) is 5.35. The van der Waals surface area contributed by atoms with E-state index in [2.05, 4.69) is 27.9 Å². The first-order valence-corrected chi connectivity index (χ1v) is 8.20. The lowest BCUT2D eigenvalue weighted by Gasteiger charge is -2.04. The number of aromatic nitrogens is 2. The summed E-state index contributed by atoms with van der Waals surface area (Å²) in [4.78, 5) is 9.41. The van der Waals surface area contributed by atoms with Gasteiger partial charge in [0, 0.05) is 16.8 Å². The van der Waals surface area contributed by atoms with Crippen molar-refractivity contribution >= 4 is 64.9 Å². The number of hydrogen-bond donors (Lipinski definition) is 0. The number of rotatable bonds is 0. The van der Waals surface area contributed by atoms with Crippen LogP contribution in [-0.4, -0.2) is 9.97 Å². The molecule has 21 heavy (non-hydrogen) atoms. The lowest BCUT2D eigenvalue weighted by molar-refractivity contribution is 0.629. The van der Waals surface area contributed by atoms with E-state index in [1.54, 1.807) is 28.7 Å². The van der Waals surface area contributed by atoms with Gasteiger partial charge in [0.15, 0.2) is 0 Å². The molecule has 3 heterocycles. The minimum Gasteiger partial charge on any atom is -0.244 e. The highest BCUT2D eigenvalue weighted by molar-refractivity contribution is 7.25. The van der Waals surface area contributed by atoms with Gasteiger partial charge in [-0.15, -0.1) is 22.7 Å². The van der Waals surface area contributed by atoms with Gasteiger partial charge >= 0.3 is 0 Å². The topological polar surface area (TPSA) is 25.8 Å². The largest absolute Gasteiger partial charge is 0.244 e. The SMILES string of the molecule is Fc1ccc2nc3c4ccsc4c4sccc4c3nc2c1. The number of halogens is 1. The molecule has 3 aromatic heterocycles. The predicted molar refractivity (Wildman–Crippen MR) is 87.8 cm³/mol. The normalized spacial score (nSPS) is 12.0. The number of nitrogens with zero attached hydrogens (tertiary/aromatic N) is 2. The maximum Gasteiger partial charge on any atom is 0.125 e. The highest BCUT2D eigenvalue weighted by atomic mass is 32.1. The van der Waals surface area contributed by atoms with Crippen LogP contribution in [0.25, 0.3) is 42.2 Å². The van der Waals surface area contributed by atoms with E-state index >= 15 is 0 Å². The van der Waals surface area contributed by atoms with E-state index in [1.165, 1.54) is 21.5 Å². The van der Waals surface area contributed by atoms with Crippen molar-refractivity contribution in [2.45, 2.75) is 0 Å². The van der Waals surface area contributed by atoms with Crippen molar-refractivity contribution in [1.29, 1.82) is 0 Å². The zero-order valence-electron chi connectivity index (χ0n) is 10.6. The highest BCUT2D eigenvalue weighted by Crippen LogP contribution is 2.39. The Hall–Kier alpha value is -2.11. The summed E-state index contributed by atoms with van der Waals surface area (Å²) in [5.74, 6) is -0.283. The van der Waals surface area contributed by atoms with Gasteiger partial charge in [-0.1, -0.05) is 0 Å². The molecule has 0 saturated heterocycles. The molecule has 2 aromatic carbocycles. The quantitative estimate of drug-likeness (QED) is 0.360. The van der Waals surface area contributed by atoms with Crippen LogP contribution in [0.3, 0.4) is 0 Å². The Bertz CT molecular complexity index is 1160. The Morgan fingerprint density at radius 2 is 1.38 bits per heavy atom. The third kappa shape index (κ3) is 1.50. The van der Waals surface area contributed by atoms with E-state index in [-0.39, 0.29) is 5.82 Å². The molecular formula is C16H7FN2S2. The molecule has 2 nitrogen and oxygen atoms in total. The van der Waals surface area contributed by atoms with Gasteiger partial charge in [-0.2, -0.15) is 0 Å². The second-order valence-electron chi connectivity index (χ2n) is 4.88. The molecule has 5 rings (SSSR count). The maximum absolute atomic E-state index is 13.4. The zero-order valence-corrected chi connectivity index (χ0v) is 12.3. The standard InChI is InChI=1S/C16H7FN2S2/c17-8-1-2-11-12(7-8)19-14-10-4-6-21-16(10)15-9(3-5-20-15)13(14)18-11/h1-7H. The third-order valence-corrected chi connectivity index (χ3v) is 5.67. The van der Waals surface area contributed by atoms with Crippen molar-refractivity contribution < 1.29 is 4.39 Å². The van der Waals surface area contributed by atoms with Crippen LogP contribution in [0.5, 0.6) is 0 Å². The molecule has 0 amide bonds. The smallest absolute Gasteiger partial charge is 0.125 e. The molecule has 0 saturated carbocycles. The van der Waals surface area contributed by atoms with Gasteiger partial charge in [0.05, 0.1) is 31.5 Å². The number of hydrogen-bond acceptors (Lipinski definition) is 4. The minimum absolute atomic E-state index is 0.283. The van der Waals surface area contributed by atoms with E-state index in [4.69, 9.17) is 4.98 Å². The van der Waals surface area contributed by atoms with Crippen LogP contribution < -0.4 is 0 Å². The molecule has 0 atom stereocenters. The lowest BCUT2D eigenvalue weighted by atomic mass is 10.1. The second-order valence-corrected chi connectivity index (χ2v) is 6.71. The Kier molecular flexibility index (Phi) is 2.18. The van der Waals surface area contributed by atoms with Crippen LogP contribution in [0, 0.1) is 5.82 Å². The van der Waals surface area contributed by atoms with Crippen LogP contribution in [0.4, 0.5) is 4.39 Å². The third-order valence-electron chi connectivity index (χ3n) is 3.67. The van der Waals surface area contributed by atoms with E-state index in [1.807, 2.05) is 0 Å². The van der Waals surface area contributed by atoms with Gasteiger partial charge in [-0.3, -0.25) is 0 Å². The Morgan fingerprint density at radius 1 is 0.762 bits per heavy atom. The van der Waals surface area contributed by atoms with Crippen LogP contribution in [-0.2, 0) is 0 Å². The molecule has 0 aliphatic rings. The van der Waals surface area contributed by atoms with Crippen molar-refractivity contribution in [3.63, 3.8) is 0 Å². The van der Waals surface area contributed by atoms with Gasteiger partial charge in [0.25, 0.3) is 0 Å². The van der Waals surface area contributed by atoms with Crippen LogP contribution in [0.15, 0.2) is 41.1 Å². The summed E-state index contributed by atoms with van der Waals surface area (Å²) in [5.41, 5.74) is 3.09. The monoisotopic (exact) mass is 310 g/mol. The first-order valence-electron chi connectivity index (χ1n) is 6.45. The summed E-state index contributed by atoms with van der Waals surface area (Å²) in [6.45, 7) is 0. The highest BCUT2D eigenvalue weighted by Gasteiger charge is 2.14. The summed E-state index contributed by atoms with van der Waals surface area (Å²) in [5, 5.41) is 6.38. The van der Waals surface area contributed by atoms with Crippen molar-refractivity contribution in [1.82, 2.24) is 9.97 Å². The molecule has 0 radical (unpaired) electrons. The van der Waals surface area contributed by atoms with E-state index in [9.17, 15) is 4.39 Å². The second kappa shape index (κ2) is 3.96. The summed E-state index contributed by atoms with van der Waals surface area (Å²) in [6, 6.07) is 8.72. The van der Waals surface area contributed by atoms with Crippen molar-refractivity contribution in [3.05, 3.63) is 46.9 Å². The van der Waals surface area contributed by atoms with Crippen molar-refractivity contribution in [2.75, 3.05) is 0 Å². The van der Waals surface area contributed by atoms with Crippen molar-refractivity contribution in [2.24, 2.45) is 0 Å². The first-order chi connectivity index (χ1) is 10.3. The zero-order chi connectivity index (χ0) is 14.0. The molecule has 0 spiro atoms.